The van der Waals surface area contributed by atoms with E-state index in [1.165, 1.54) is 63.3 Å². The first-order chi connectivity index (χ1) is 15.1. The molecule has 0 atom stereocenters. The van der Waals surface area contributed by atoms with Crippen LogP contribution in [0.2, 0.25) is 0 Å². The number of benzene rings is 2. The zero-order valence-electron chi connectivity index (χ0n) is 18.1. The summed E-state index contributed by atoms with van der Waals surface area (Å²) in [5.41, 5.74) is 3.57. The number of unbranched alkanes of at least 4 members (excludes halogenated alkanes) is 7. The van der Waals surface area contributed by atoms with E-state index in [2.05, 4.69) is 17.5 Å². The Hall–Kier alpha value is -3.22. The molecule has 7 nitrogen and oxygen atoms in total. The predicted octanol–water partition coefficient (Wildman–Crippen LogP) is 5.88. The molecule has 1 N–H and O–H groups in total. The zero-order valence-corrected chi connectivity index (χ0v) is 18.1. The highest BCUT2D eigenvalue weighted by molar-refractivity contribution is 5.95. The van der Waals surface area contributed by atoms with Crippen molar-refractivity contribution in [2.45, 2.75) is 58.3 Å². The molecule has 2 aromatic carbocycles. The summed E-state index contributed by atoms with van der Waals surface area (Å²) >= 11 is 0. The van der Waals surface area contributed by atoms with Gasteiger partial charge < -0.3 is 4.74 Å². The summed E-state index contributed by atoms with van der Waals surface area (Å²) in [5, 5.41) is 14.5. The SMILES string of the molecule is CCCCCCCCCCOc1ccc(C(=O)N/N=C\c2ccc([N+](=O)[O-])cc2)cc1. The average Bonchev–Trinajstić information content (AvgIpc) is 2.78. The molecular formula is C24H31N3O4. The fourth-order valence-electron chi connectivity index (χ4n) is 3.04. The van der Waals surface area contributed by atoms with Crippen LogP contribution in [-0.2, 0) is 0 Å². The van der Waals surface area contributed by atoms with Crippen LogP contribution >= 0.6 is 0 Å². The summed E-state index contributed by atoms with van der Waals surface area (Å²) in [4.78, 5) is 22.3. The van der Waals surface area contributed by atoms with Gasteiger partial charge in [-0.25, -0.2) is 5.43 Å². The Morgan fingerprint density at radius 1 is 0.968 bits per heavy atom. The largest absolute Gasteiger partial charge is 0.494 e. The summed E-state index contributed by atoms with van der Waals surface area (Å²) in [6, 6.07) is 12.8. The number of carbonyl (C=O) groups excluding carboxylic acids is 1. The maximum atomic E-state index is 12.2. The van der Waals surface area contributed by atoms with Crippen LogP contribution in [0.4, 0.5) is 5.69 Å². The lowest BCUT2D eigenvalue weighted by molar-refractivity contribution is -0.384. The van der Waals surface area contributed by atoms with Crippen molar-refractivity contribution in [2.75, 3.05) is 6.61 Å². The number of rotatable bonds is 14. The van der Waals surface area contributed by atoms with Gasteiger partial charge in [0.25, 0.3) is 11.6 Å². The number of hydrogen-bond acceptors (Lipinski definition) is 5. The fourth-order valence-corrected chi connectivity index (χ4v) is 3.04. The van der Waals surface area contributed by atoms with Gasteiger partial charge in [0.05, 0.1) is 17.7 Å². The number of nitro groups is 1. The smallest absolute Gasteiger partial charge is 0.271 e. The maximum Gasteiger partial charge on any atom is 0.271 e. The van der Waals surface area contributed by atoms with E-state index in [0.29, 0.717) is 17.7 Å². The maximum absolute atomic E-state index is 12.2. The van der Waals surface area contributed by atoms with Crippen molar-refractivity contribution in [1.82, 2.24) is 5.43 Å². The van der Waals surface area contributed by atoms with E-state index in [9.17, 15) is 14.9 Å². The second-order valence-corrected chi connectivity index (χ2v) is 7.40. The third-order valence-corrected chi connectivity index (χ3v) is 4.87. The van der Waals surface area contributed by atoms with Crippen LogP contribution in [0.1, 0.15) is 74.2 Å². The Labute approximate surface area is 183 Å². The molecule has 166 valence electrons. The highest BCUT2D eigenvalue weighted by Crippen LogP contribution is 2.14. The van der Waals surface area contributed by atoms with E-state index >= 15 is 0 Å². The molecule has 0 spiro atoms. The molecule has 2 rings (SSSR count). The minimum absolute atomic E-state index is 0.00547. The first-order valence-corrected chi connectivity index (χ1v) is 10.9. The molecular weight excluding hydrogens is 394 g/mol. The van der Waals surface area contributed by atoms with Crippen LogP contribution in [0.3, 0.4) is 0 Å². The number of hydrazone groups is 1. The topological polar surface area (TPSA) is 93.8 Å². The lowest BCUT2D eigenvalue weighted by Crippen LogP contribution is -2.17. The predicted molar refractivity (Wildman–Crippen MR) is 123 cm³/mol. The van der Waals surface area contributed by atoms with Crippen molar-refractivity contribution >= 4 is 17.8 Å². The lowest BCUT2D eigenvalue weighted by Gasteiger charge is -2.07. The molecule has 7 heteroatoms. The van der Waals surface area contributed by atoms with E-state index in [1.54, 1.807) is 36.4 Å². The number of nitrogens with zero attached hydrogens (tertiary/aromatic N) is 2. The molecule has 0 saturated heterocycles. The third-order valence-electron chi connectivity index (χ3n) is 4.87. The van der Waals surface area contributed by atoms with Crippen molar-refractivity contribution in [3.63, 3.8) is 0 Å². The van der Waals surface area contributed by atoms with Gasteiger partial charge in [-0.3, -0.25) is 14.9 Å². The van der Waals surface area contributed by atoms with E-state index in [0.717, 1.165) is 12.2 Å². The van der Waals surface area contributed by atoms with E-state index in [1.807, 2.05) is 0 Å². The standard InChI is InChI=1S/C24H31N3O4/c1-2-3-4-5-6-7-8-9-18-31-23-16-12-21(13-17-23)24(28)26-25-19-20-10-14-22(15-11-20)27(29)30/h10-17,19H,2-9,18H2,1H3,(H,26,28)/b25-19-. The van der Waals surface area contributed by atoms with Crippen molar-refractivity contribution in [3.05, 3.63) is 69.8 Å². The van der Waals surface area contributed by atoms with Gasteiger partial charge in [0, 0.05) is 17.7 Å². The Morgan fingerprint density at radius 2 is 1.58 bits per heavy atom. The number of ether oxygens (including phenoxy) is 1. The molecule has 0 unspecified atom stereocenters. The lowest BCUT2D eigenvalue weighted by atomic mass is 10.1. The van der Waals surface area contributed by atoms with Gasteiger partial charge in [0.1, 0.15) is 5.75 Å². The second kappa shape index (κ2) is 13.9. The first-order valence-electron chi connectivity index (χ1n) is 10.9. The highest BCUT2D eigenvalue weighted by Gasteiger charge is 2.05. The molecule has 0 bridgehead atoms. The van der Waals surface area contributed by atoms with E-state index < -0.39 is 4.92 Å². The third kappa shape index (κ3) is 9.42. The molecule has 0 aliphatic rings. The van der Waals surface area contributed by atoms with Gasteiger partial charge in [0.2, 0.25) is 0 Å². The number of carbonyl (C=O) groups is 1. The number of amides is 1. The van der Waals surface area contributed by atoms with Gasteiger partial charge in [0.15, 0.2) is 0 Å². The van der Waals surface area contributed by atoms with Crippen LogP contribution in [0, 0.1) is 10.1 Å². The Morgan fingerprint density at radius 3 is 2.19 bits per heavy atom. The molecule has 31 heavy (non-hydrogen) atoms. The monoisotopic (exact) mass is 425 g/mol. The minimum atomic E-state index is -0.467. The molecule has 0 saturated carbocycles. The highest BCUT2D eigenvalue weighted by atomic mass is 16.6. The van der Waals surface area contributed by atoms with Crippen LogP contribution in [0.25, 0.3) is 0 Å². The van der Waals surface area contributed by atoms with Gasteiger partial charge in [-0.1, -0.05) is 51.9 Å². The molecule has 1 amide bonds. The van der Waals surface area contributed by atoms with E-state index in [-0.39, 0.29) is 11.6 Å². The van der Waals surface area contributed by atoms with Crippen LogP contribution in [0.15, 0.2) is 53.6 Å². The number of hydrogen-bond donors (Lipinski definition) is 1. The zero-order chi connectivity index (χ0) is 22.3. The summed E-state index contributed by atoms with van der Waals surface area (Å²) in [5.74, 6) is 0.404. The normalized spacial score (nSPS) is 10.9. The second-order valence-electron chi connectivity index (χ2n) is 7.40. The summed E-state index contributed by atoms with van der Waals surface area (Å²) in [7, 11) is 0. The van der Waals surface area contributed by atoms with Gasteiger partial charge in [-0.05, 0) is 48.4 Å². The summed E-state index contributed by atoms with van der Waals surface area (Å²) < 4.78 is 5.74. The molecule has 0 radical (unpaired) electrons. The summed E-state index contributed by atoms with van der Waals surface area (Å²) in [6.45, 7) is 2.91. The van der Waals surface area contributed by atoms with Crippen molar-refractivity contribution in [1.29, 1.82) is 0 Å². The Bertz CT molecular complexity index is 833. The first kappa shape index (κ1) is 24.1. The molecule has 0 aliphatic heterocycles. The van der Waals surface area contributed by atoms with Crippen molar-refractivity contribution in [2.24, 2.45) is 5.10 Å². The molecule has 0 fully saturated rings. The minimum Gasteiger partial charge on any atom is -0.494 e. The molecule has 2 aromatic rings. The number of nitrogens with one attached hydrogen (secondary N) is 1. The number of nitro benzene ring substituents is 1. The van der Waals surface area contributed by atoms with Crippen LogP contribution in [0.5, 0.6) is 5.75 Å². The molecule has 0 aliphatic carbocycles. The van der Waals surface area contributed by atoms with Gasteiger partial charge in [-0.15, -0.1) is 0 Å². The van der Waals surface area contributed by atoms with Gasteiger partial charge >= 0.3 is 0 Å². The summed E-state index contributed by atoms with van der Waals surface area (Å²) in [6.07, 6.45) is 11.5. The fraction of sp³-hybridized carbons (Fsp3) is 0.417. The quantitative estimate of drug-likeness (QED) is 0.177. The number of non-ortho nitro benzene ring substituents is 1. The molecule has 0 heterocycles. The Balaban J connectivity index is 1.66. The van der Waals surface area contributed by atoms with E-state index in [4.69, 9.17) is 4.74 Å². The van der Waals surface area contributed by atoms with Crippen molar-refractivity contribution in [3.8, 4) is 5.75 Å². The molecule has 0 aromatic heterocycles. The van der Waals surface area contributed by atoms with Crippen molar-refractivity contribution < 1.29 is 14.5 Å². The Kier molecular flexibility index (Phi) is 10.8. The van der Waals surface area contributed by atoms with Crippen LogP contribution in [-0.4, -0.2) is 23.7 Å². The average molecular weight is 426 g/mol. The van der Waals surface area contributed by atoms with Gasteiger partial charge in [-0.2, -0.15) is 5.10 Å². The van der Waals surface area contributed by atoms with Crippen LogP contribution < -0.4 is 10.2 Å².